The van der Waals surface area contributed by atoms with Crippen LogP contribution in [-0.2, 0) is 10.0 Å². The van der Waals surface area contributed by atoms with Gasteiger partial charge in [0, 0.05) is 18.9 Å². The lowest BCUT2D eigenvalue weighted by Crippen LogP contribution is -2.31. The number of anilines is 2. The van der Waals surface area contributed by atoms with Crippen LogP contribution in [0.25, 0.3) is 0 Å². The molecule has 1 aliphatic heterocycles. The van der Waals surface area contributed by atoms with Gasteiger partial charge in [-0.3, -0.25) is 0 Å². The van der Waals surface area contributed by atoms with Crippen LogP contribution >= 0.6 is 0 Å². The highest BCUT2D eigenvalue weighted by molar-refractivity contribution is 7.89. The number of rotatable bonds is 6. The quantitative estimate of drug-likeness (QED) is 0.646. The number of benzene rings is 1. The van der Waals surface area contributed by atoms with E-state index in [4.69, 9.17) is 4.74 Å². The van der Waals surface area contributed by atoms with E-state index >= 15 is 0 Å². The van der Waals surface area contributed by atoms with Crippen molar-refractivity contribution >= 4 is 21.8 Å². The summed E-state index contributed by atoms with van der Waals surface area (Å²) >= 11 is 0. The van der Waals surface area contributed by atoms with E-state index in [1.54, 1.807) is 49.8 Å². The highest BCUT2D eigenvalue weighted by atomic mass is 32.2. The van der Waals surface area contributed by atoms with Crippen LogP contribution in [0.3, 0.4) is 0 Å². The second-order valence-corrected chi connectivity index (χ2v) is 8.99. The number of hydrogen-bond acceptors (Lipinski definition) is 7. The fraction of sp³-hybridized carbons (Fsp3) is 0.286. The summed E-state index contributed by atoms with van der Waals surface area (Å²) in [7, 11) is -2.10. The highest BCUT2D eigenvalue weighted by Gasteiger charge is 2.37. The minimum Gasteiger partial charge on any atom is -0.497 e. The fourth-order valence-electron chi connectivity index (χ4n) is 3.48. The molecule has 0 bridgehead atoms. The van der Waals surface area contributed by atoms with E-state index in [0.717, 1.165) is 12.0 Å². The van der Waals surface area contributed by atoms with Crippen LogP contribution < -0.4 is 10.1 Å². The Kier molecular flexibility index (Phi) is 5.65. The minimum atomic E-state index is -3.65. The van der Waals surface area contributed by atoms with E-state index < -0.39 is 10.0 Å². The molecule has 1 fully saturated rings. The van der Waals surface area contributed by atoms with Crippen molar-refractivity contribution in [2.75, 3.05) is 19.0 Å². The molecule has 2 aromatic heterocycles. The van der Waals surface area contributed by atoms with Gasteiger partial charge in [-0.1, -0.05) is 6.07 Å². The molecule has 0 amide bonds. The van der Waals surface area contributed by atoms with Crippen molar-refractivity contribution in [1.82, 2.24) is 19.3 Å². The van der Waals surface area contributed by atoms with E-state index in [0.29, 0.717) is 36.2 Å². The van der Waals surface area contributed by atoms with Crippen molar-refractivity contribution in [2.45, 2.75) is 30.7 Å². The van der Waals surface area contributed by atoms with Gasteiger partial charge in [-0.25, -0.2) is 23.4 Å². The van der Waals surface area contributed by atoms with Gasteiger partial charge in [-0.2, -0.15) is 4.31 Å². The predicted molar refractivity (Wildman–Crippen MR) is 113 cm³/mol. The molecule has 0 saturated carbocycles. The number of nitrogens with zero attached hydrogens (tertiary/aromatic N) is 4. The summed E-state index contributed by atoms with van der Waals surface area (Å²) in [4.78, 5) is 13.4. The number of aryl methyl sites for hydroxylation is 1. The molecule has 0 aliphatic carbocycles. The number of aromatic nitrogens is 3. The van der Waals surface area contributed by atoms with Crippen molar-refractivity contribution < 1.29 is 13.2 Å². The van der Waals surface area contributed by atoms with Gasteiger partial charge in [0.15, 0.2) is 0 Å². The van der Waals surface area contributed by atoms with Crippen molar-refractivity contribution in [3.05, 3.63) is 66.1 Å². The first-order chi connectivity index (χ1) is 14.5. The average Bonchev–Trinajstić information content (AvgIpc) is 3.27. The number of sulfonamides is 1. The molecule has 1 aromatic carbocycles. The predicted octanol–water partition coefficient (Wildman–Crippen LogP) is 3.46. The van der Waals surface area contributed by atoms with E-state index in [9.17, 15) is 8.42 Å². The third-order valence-electron chi connectivity index (χ3n) is 5.04. The molecule has 1 saturated heterocycles. The molecule has 3 heterocycles. The first kappa shape index (κ1) is 20.2. The maximum absolute atomic E-state index is 13.2. The first-order valence-electron chi connectivity index (χ1n) is 9.66. The SMILES string of the molecule is COc1ccc(S(=O)(=O)N2CCC[C@H]2c2ccnc(Nc3ccc(C)cn3)n2)cc1. The standard InChI is InChI=1S/C21H23N5O3S/c1-15-5-10-20(23-14-15)25-21-22-12-11-18(24-21)19-4-3-13-26(19)30(27,28)17-8-6-16(29-2)7-9-17/h5-12,14,19H,3-4,13H2,1-2H3,(H,22,23,24,25)/t19-/m0/s1. The second-order valence-electron chi connectivity index (χ2n) is 7.10. The van der Waals surface area contributed by atoms with Crippen LogP contribution in [0.5, 0.6) is 5.75 Å². The van der Waals surface area contributed by atoms with Crippen LogP contribution in [0.1, 0.15) is 30.1 Å². The third-order valence-corrected chi connectivity index (χ3v) is 6.96. The maximum Gasteiger partial charge on any atom is 0.243 e. The maximum atomic E-state index is 13.2. The number of methoxy groups -OCH3 is 1. The molecule has 0 spiro atoms. The van der Waals surface area contributed by atoms with Gasteiger partial charge in [0.2, 0.25) is 16.0 Å². The van der Waals surface area contributed by atoms with E-state index in [1.807, 2.05) is 19.1 Å². The molecule has 9 heteroatoms. The molecule has 1 atom stereocenters. The van der Waals surface area contributed by atoms with Crippen molar-refractivity contribution in [2.24, 2.45) is 0 Å². The van der Waals surface area contributed by atoms with Crippen molar-refractivity contribution in [3.63, 3.8) is 0 Å². The van der Waals surface area contributed by atoms with E-state index in [2.05, 4.69) is 20.3 Å². The average molecular weight is 426 g/mol. The second kappa shape index (κ2) is 8.37. The Labute approximate surface area is 176 Å². The monoisotopic (exact) mass is 425 g/mol. The molecule has 30 heavy (non-hydrogen) atoms. The largest absolute Gasteiger partial charge is 0.497 e. The van der Waals surface area contributed by atoms with Crippen LogP contribution in [0.4, 0.5) is 11.8 Å². The Morgan fingerprint density at radius 3 is 2.60 bits per heavy atom. The minimum absolute atomic E-state index is 0.242. The Hall–Kier alpha value is -3.04. The van der Waals surface area contributed by atoms with E-state index in [-0.39, 0.29) is 10.9 Å². The summed E-state index contributed by atoms with van der Waals surface area (Å²) in [6.45, 7) is 2.41. The fourth-order valence-corrected chi connectivity index (χ4v) is 5.15. The number of pyridine rings is 1. The molecule has 3 aromatic rings. The van der Waals surface area contributed by atoms with Crippen LogP contribution in [0, 0.1) is 6.92 Å². The van der Waals surface area contributed by atoms with Gasteiger partial charge in [-0.15, -0.1) is 0 Å². The van der Waals surface area contributed by atoms with Crippen molar-refractivity contribution in [3.8, 4) is 5.75 Å². The van der Waals surface area contributed by atoms with E-state index in [1.165, 1.54) is 4.31 Å². The Balaban J connectivity index is 1.59. The first-order valence-corrected chi connectivity index (χ1v) is 11.1. The van der Waals surface area contributed by atoms with Gasteiger partial charge in [-0.05, 0) is 61.7 Å². The number of hydrogen-bond donors (Lipinski definition) is 1. The van der Waals surface area contributed by atoms with Crippen LogP contribution in [0.2, 0.25) is 0 Å². The molecule has 156 valence electrons. The third kappa shape index (κ3) is 4.12. The van der Waals surface area contributed by atoms with Gasteiger partial charge in [0.25, 0.3) is 0 Å². The Morgan fingerprint density at radius 1 is 1.10 bits per heavy atom. The number of ether oxygens (including phenoxy) is 1. The molecular weight excluding hydrogens is 402 g/mol. The normalized spacial score (nSPS) is 17.1. The lowest BCUT2D eigenvalue weighted by Gasteiger charge is -2.24. The zero-order valence-corrected chi connectivity index (χ0v) is 17.6. The zero-order chi connectivity index (χ0) is 21.1. The van der Waals surface area contributed by atoms with Gasteiger partial charge in [0.05, 0.1) is 23.7 Å². The van der Waals surface area contributed by atoms with Gasteiger partial charge in [0.1, 0.15) is 11.6 Å². The van der Waals surface area contributed by atoms with Gasteiger partial charge < -0.3 is 10.1 Å². The van der Waals surface area contributed by atoms with Crippen molar-refractivity contribution in [1.29, 1.82) is 0 Å². The molecule has 0 unspecified atom stereocenters. The summed E-state index contributed by atoms with van der Waals surface area (Å²) in [6, 6.07) is 11.7. The highest BCUT2D eigenvalue weighted by Crippen LogP contribution is 2.36. The topological polar surface area (TPSA) is 97.3 Å². The lowest BCUT2D eigenvalue weighted by molar-refractivity contribution is 0.390. The Bertz CT molecular complexity index is 1120. The summed E-state index contributed by atoms with van der Waals surface area (Å²) < 4.78 is 33.1. The summed E-state index contributed by atoms with van der Waals surface area (Å²) in [5.41, 5.74) is 1.72. The van der Waals surface area contributed by atoms with Crippen LogP contribution in [0.15, 0.2) is 59.8 Å². The summed E-state index contributed by atoms with van der Waals surface area (Å²) in [5.74, 6) is 1.63. The molecule has 1 aliphatic rings. The van der Waals surface area contributed by atoms with Crippen LogP contribution in [-0.4, -0.2) is 41.3 Å². The molecule has 4 rings (SSSR count). The molecular formula is C21H23N5O3S. The Morgan fingerprint density at radius 2 is 1.90 bits per heavy atom. The smallest absolute Gasteiger partial charge is 0.243 e. The lowest BCUT2D eigenvalue weighted by atomic mass is 10.1. The molecule has 0 radical (unpaired) electrons. The zero-order valence-electron chi connectivity index (χ0n) is 16.8. The summed E-state index contributed by atoms with van der Waals surface area (Å²) in [6.07, 6.45) is 4.86. The van der Waals surface area contributed by atoms with Gasteiger partial charge >= 0.3 is 0 Å². The molecule has 1 N–H and O–H groups in total. The summed E-state index contributed by atoms with van der Waals surface area (Å²) in [5, 5.41) is 3.08. The number of nitrogens with one attached hydrogen (secondary N) is 1. The molecule has 8 nitrogen and oxygen atoms in total.